The summed E-state index contributed by atoms with van der Waals surface area (Å²) in [5.74, 6) is -0.291. The first-order valence-electron chi connectivity index (χ1n) is 9.62. The largest absolute Gasteiger partial charge is 0.466 e. The van der Waals surface area contributed by atoms with Crippen molar-refractivity contribution in [2.45, 2.75) is 52.0 Å². The van der Waals surface area contributed by atoms with Crippen molar-refractivity contribution < 1.29 is 23.8 Å². The molecule has 2 atom stereocenters. The summed E-state index contributed by atoms with van der Waals surface area (Å²) in [6.07, 6.45) is 3.16. The molecule has 3 rings (SSSR count). The maximum absolute atomic E-state index is 12.1. The van der Waals surface area contributed by atoms with Gasteiger partial charge in [-0.05, 0) is 38.2 Å². The average Bonchev–Trinajstić information content (AvgIpc) is 3.44. The van der Waals surface area contributed by atoms with Gasteiger partial charge in [-0.25, -0.2) is 4.79 Å². The second kappa shape index (κ2) is 9.04. The summed E-state index contributed by atoms with van der Waals surface area (Å²) in [5.41, 5.74) is 1.88. The van der Waals surface area contributed by atoms with Gasteiger partial charge in [0.2, 0.25) is 0 Å². The summed E-state index contributed by atoms with van der Waals surface area (Å²) in [7, 11) is 0. The Morgan fingerprint density at radius 2 is 1.85 bits per heavy atom. The van der Waals surface area contributed by atoms with E-state index in [4.69, 9.17) is 14.2 Å². The molecule has 0 bridgehead atoms. The van der Waals surface area contributed by atoms with Gasteiger partial charge in [0.15, 0.2) is 0 Å². The van der Waals surface area contributed by atoms with Gasteiger partial charge < -0.3 is 19.1 Å². The number of hydrogen-bond donors (Lipinski definition) is 0. The highest BCUT2D eigenvalue weighted by Crippen LogP contribution is 2.44. The molecular weight excluding hydrogens is 346 g/mol. The van der Waals surface area contributed by atoms with Crippen LogP contribution in [0.4, 0.5) is 0 Å². The molecule has 2 unspecified atom stereocenters. The van der Waals surface area contributed by atoms with Crippen LogP contribution in [0.25, 0.3) is 0 Å². The SMILES string of the molecule is CCOC(=O)/C=C1\C(C2CC2)OC(CC(=O)OCC)N1Cc1ccccc1. The van der Waals surface area contributed by atoms with Crippen LogP contribution in [0.5, 0.6) is 0 Å². The number of rotatable bonds is 8. The van der Waals surface area contributed by atoms with Gasteiger partial charge in [-0.2, -0.15) is 0 Å². The molecule has 1 saturated heterocycles. The van der Waals surface area contributed by atoms with Crippen LogP contribution >= 0.6 is 0 Å². The Kier molecular flexibility index (Phi) is 6.50. The summed E-state index contributed by atoms with van der Waals surface area (Å²) in [5, 5.41) is 0. The molecule has 0 aromatic heterocycles. The van der Waals surface area contributed by atoms with Crippen molar-refractivity contribution in [3.05, 3.63) is 47.7 Å². The minimum absolute atomic E-state index is 0.129. The van der Waals surface area contributed by atoms with E-state index in [-0.39, 0.29) is 24.5 Å². The molecule has 2 aliphatic rings. The predicted molar refractivity (Wildman–Crippen MR) is 99.3 cm³/mol. The lowest BCUT2D eigenvalue weighted by Gasteiger charge is -2.25. The van der Waals surface area contributed by atoms with Crippen LogP contribution in [0.3, 0.4) is 0 Å². The van der Waals surface area contributed by atoms with Crippen LogP contribution in [0, 0.1) is 5.92 Å². The van der Waals surface area contributed by atoms with Gasteiger partial charge in [-0.1, -0.05) is 30.3 Å². The minimum atomic E-state index is -0.449. The number of esters is 2. The smallest absolute Gasteiger partial charge is 0.332 e. The summed E-state index contributed by atoms with van der Waals surface area (Å²) in [6.45, 7) is 4.78. The molecule has 2 fully saturated rings. The highest BCUT2D eigenvalue weighted by Gasteiger charge is 2.46. The first-order chi connectivity index (χ1) is 13.1. The zero-order chi connectivity index (χ0) is 19.2. The van der Waals surface area contributed by atoms with Gasteiger partial charge >= 0.3 is 11.9 Å². The molecule has 6 heteroatoms. The molecule has 6 nitrogen and oxygen atoms in total. The molecular formula is C21H27NO5. The van der Waals surface area contributed by atoms with E-state index in [9.17, 15) is 9.59 Å². The van der Waals surface area contributed by atoms with Crippen LogP contribution in [-0.4, -0.2) is 42.4 Å². The molecule has 0 spiro atoms. The molecule has 1 aliphatic heterocycles. The maximum Gasteiger partial charge on any atom is 0.332 e. The topological polar surface area (TPSA) is 65.1 Å². The molecule has 1 aliphatic carbocycles. The molecule has 146 valence electrons. The Morgan fingerprint density at radius 3 is 2.48 bits per heavy atom. The molecule has 1 aromatic carbocycles. The predicted octanol–water partition coefficient (Wildman–Crippen LogP) is 3.02. The third kappa shape index (κ3) is 5.10. The molecule has 27 heavy (non-hydrogen) atoms. The normalized spacial score (nSPS) is 23.5. The Morgan fingerprint density at radius 1 is 1.15 bits per heavy atom. The summed E-state index contributed by atoms with van der Waals surface area (Å²) in [4.78, 5) is 26.2. The van der Waals surface area contributed by atoms with Crippen LogP contribution in [0.15, 0.2) is 42.1 Å². The molecule has 1 saturated carbocycles. The second-order valence-corrected chi connectivity index (χ2v) is 6.79. The van der Waals surface area contributed by atoms with Crippen molar-refractivity contribution in [2.24, 2.45) is 5.92 Å². The van der Waals surface area contributed by atoms with Crippen molar-refractivity contribution in [3.63, 3.8) is 0 Å². The third-order valence-corrected chi connectivity index (χ3v) is 4.72. The van der Waals surface area contributed by atoms with Crippen LogP contribution in [-0.2, 0) is 30.3 Å². The van der Waals surface area contributed by atoms with Crippen LogP contribution in [0.2, 0.25) is 0 Å². The average molecular weight is 373 g/mol. The Balaban J connectivity index is 1.87. The van der Waals surface area contributed by atoms with E-state index in [0.717, 1.165) is 24.1 Å². The van der Waals surface area contributed by atoms with Gasteiger partial charge in [0.25, 0.3) is 0 Å². The number of ether oxygens (including phenoxy) is 3. The molecule has 1 heterocycles. The Labute approximate surface area is 160 Å². The lowest BCUT2D eigenvalue weighted by molar-refractivity contribution is -0.148. The molecule has 1 aromatic rings. The zero-order valence-electron chi connectivity index (χ0n) is 15.9. The van der Waals surface area contributed by atoms with E-state index >= 15 is 0 Å². The number of carbonyl (C=O) groups excluding carboxylic acids is 2. The van der Waals surface area contributed by atoms with Gasteiger partial charge in [-0.3, -0.25) is 4.79 Å². The van der Waals surface area contributed by atoms with E-state index < -0.39 is 6.23 Å². The van der Waals surface area contributed by atoms with E-state index in [0.29, 0.717) is 25.7 Å². The van der Waals surface area contributed by atoms with Gasteiger partial charge in [-0.15, -0.1) is 0 Å². The first kappa shape index (κ1) is 19.4. The van der Waals surface area contributed by atoms with Crippen LogP contribution < -0.4 is 0 Å². The Hall–Kier alpha value is -2.34. The second-order valence-electron chi connectivity index (χ2n) is 6.79. The van der Waals surface area contributed by atoms with E-state index in [2.05, 4.69) is 0 Å². The van der Waals surface area contributed by atoms with Crippen molar-refractivity contribution >= 4 is 11.9 Å². The van der Waals surface area contributed by atoms with Gasteiger partial charge in [0, 0.05) is 12.6 Å². The van der Waals surface area contributed by atoms with E-state index in [1.54, 1.807) is 13.8 Å². The number of carbonyl (C=O) groups is 2. The maximum atomic E-state index is 12.1. The van der Waals surface area contributed by atoms with E-state index in [1.807, 2.05) is 35.2 Å². The summed E-state index contributed by atoms with van der Waals surface area (Å²) in [6, 6.07) is 9.95. The quantitative estimate of drug-likeness (QED) is 0.516. The highest BCUT2D eigenvalue weighted by molar-refractivity contribution is 5.83. The lowest BCUT2D eigenvalue weighted by atomic mass is 10.1. The standard InChI is InChI=1S/C21H27NO5/c1-3-25-19(23)12-17-21(16-10-11-16)27-18(13-20(24)26-4-2)22(17)14-15-8-6-5-7-9-15/h5-9,12,16,18,21H,3-4,10-11,13-14H2,1-2H3/b17-12+. The van der Waals surface area contributed by atoms with Crippen molar-refractivity contribution in [2.75, 3.05) is 13.2 Å². The fourth-order valence-corrected chi connectivity index (χ4v) is 3.36. The fraction of sp³-hybridized carbons (Fsp3) is 0.524. The number of hydrogen-bond acceptors (Lipinski definition) is 6. The lowest BCUT2D eigenvalue weighted by Crippen LogP contribution is -2.31. The highest BCUT2D eigenvalue weighted by atomic mass is 16.6. The van der Waals surface area contributed by atoms with Crippen molar-refractivity contribution in [3.8, 4) is 0 Å². The van der Waals surface area contributed by atoms with Crippen molar-refractivity contribution in [1.82, 2.24) is 4.90 Å². The summed E-state index contributed by atoms with van der Waals surface area (Å²) >= 11 is 0. The fourth-order valence-electron chi connectivity index (χ4n) is 3.36. The Bertz CT molecular complexity index is 683. The zero-order valence-corrected chi connectivity index (χ0v) is 15.9. The molecule has 0 radical (unpaired) electrons. The minimum Gasteiger partial charge on any atom is -0.466 e. The van der Waals surface area contributed by atoms with Crippen LogP contribution in [0.1, 0.15) is 38.7 Å². The van der Waals surface area contributed by atoms with Gasteiger partial charge in [0.1, 0.15) is 12.3 Å². The monoisotopic (exact) mass is 373 g/mol. The molecule has 0 amide bonds. The number of nitrogens with zero attached hydrogens (tertiary/aromatic N) is 1. The first-order valence-corrected chi connectivity index (χ1v) is 9.62. The van der Waals surface area contributed by atoms with Gasteiger partial charge in [0.05, 0.1) is 25.3 Å². The third-order valence-electron chi connectivity index (χ3n) is 4.72. The number of benzene rings is 1. The molecule has 0 N–H and O–H groups in total. The van der Waals surface area contributed by atoms with E-state index in [1.165, 1.54) is 6.08 Å². The van der Waals surface area contributed by atoms with Crippen molar-refractivity contribution in [1.29, 1.82) is 0 Å². The summed E-state index contributed by atoms with van der Waals surface area (Å²) < 4.78 is 16.5.